The van der Waals surface area contributed by atoms with Gasteiger partial charge in [0, 0.05) is 18.4 Å². The number of para-hydroxylation sites is 1. The zero-order valence-electron chi connectivity index (χ0n) is 15.3. The van der Waals surface area contributed by atoms with E-state index < -0.39 is 12.0 Å². The molecular weight excluding hydrogens is 363 g/mol. The van der Waals surface area contributed by atoms with E-state index in [1.165, 1.54) is 6.92 Å². The standard InChI is InChI=1S/C21H19FN2O4/c1-21(22)27-17-7-3-6-14(18(17)28-21)11-24-16-9-8-13(20(25)26)10-15(16)23-19(24)12-4-2-5-12/h3,6-10,12H,2,4-5,11H2,1H3,(H,25,26). The van der Waals surface area contributed by atoms with Crippen LogP contribution in [0.3, 0.4) is 0 Å². The molecule has 0 spiro atoms. The molecule has 1 aromatic heterocycles. The molecule has 1 atom stereocenters. The number of fused-ring (bicyclic) bond motifs is 2. The van der Waals surface area contributed by atoms with Crippen molar-refractivity contribution in [1.29, 1.82) is 0 Å². The molecule has 2 aromatic carbocycles. The fourth-order valence-electron chi connectivity index (χ4n) is 3.88. The van der Waals surface area contributed by atoms with Crippen molar-refractivity contribution in [3.05, 3.63) is 53.3 Å². The smallest absolute Gasteiger partial charge is 0.404 e. The third kappa shape index (κ3) is 2.69. The predicted octanol–water partition coefficient (Wildman–Crippen LogP) is 4.46. The number of halogens is 1. The minimum Gasteiger partial charge on any atom is -0.478 e. The highest BCUT2D eigenvalue weighted by atomic mass is 19.2. The van der Waals surface area contributed by atoms with Gasteiger partial charge in [-0.2, -0.15) is 4.39 Å². The molecule has 0 saturated heterocycles. The van der Waals surface area contributed by atoms with Crippen molar-refractivity contribution in [3.8, 4) is 11.5 Å². The van der Waals surface area contributed by atoms with Crippen molar-refractivity contribution in [1.82, 2.24) is 9.55 Å². The molecule has 0 amide bonds. The molecule has 1 unspecified atom stereocenters. The topological polar surface area (TPSA) is 73.6 Å². The highest BCUT2D eigenvalue weighted by Crippen LogP contribution is 2.44. The monoisotopic (exact) mass is 382 g/mol. The summed E-state index contributed by atoms with van der Waals surface area (Å²) in [6, 6.07) is 8.16. The molecule has 1 aliphatic carbocycles. The van der Waals surface area contributed by atoms with E-state index in [1.807, 2.05) is 12.1 Å². The second-order valence-electron chi connectivity index (χ2n) is 7.48. The van der Waals surface area contributed by atoms with Gasteiger partial charge >= 0.3 is 12.0 Å². The van der Waals surface area contributed by atoms with E-state index in [0.29, 0.717) is 29.5 Å². The Morgan fingerprint density at radius 1 is 1.32 bits per heavy atom. The van der Waals surface area contributed by atoms with Gasteiger partial charge in [0.15, 0.2) is 11.5 Å². The van der Waals surface area contributed by atoms with Crippen LogP contribution >= 0.6 is 0 Å². The summed E-state index contributed by atoms with van der Waals surface area (Å²) >= 11 is 0. The first-order valence-corrected chi connectivity index (χ1v) is 9.33. The van der Waals surface area contributed by atoms with Gasteiger partial charge < -0.3 is 19.1 Å². The number of hydrogen-bond acceptors (Lipinski definition) is 4. The van der Waals surface area contributed by atoms with E-state index >= 15 is 0 Å². The zero-order chi connectivity index (χ0) is 19.5. The van der Waals surface area contributed by atoms with Crippen LogP contribution in [0.15, 0.2) is 36.4 Å². The zero-order valence-corrected chi connectivity index (χ0v) is 15.3. The lowest BCUT2D eigenvalue weighted by atomic mass is 9.85. The molecule has 2 heterocycles. The molecule has 144 valence electrons. The minimum absolute atomic E-state index is 0.211. The van der Waals surface area contributed by atoms with Crippen LogP contribution in [-0.2, 0) is 6.54 Å². The van der Waals surface area contributed by atoms with Gasteiger partial charge in [0.2, 0.25) is 0 Å². The van der Waals surface area contributed by atoms with Crippen LogP contribution in [0, 0.1) is 0 Å². The molecule has 1 N–H and O–H groups in total. The summed E-state index contributed by atoms with van der Waals surface area (Å²) in [7, 11) is 0. The first kappa shape index (κ1) is 17.0. The van der Waals surface area contributed by atoms with Crippen LogP contribution in [0.25, 0.3) is 11.0 Å². The van der Waals surface area contributed by atoms with Crippen molar-refractivity contribution >= 4 is 17.0 Å². The van der Waals surface area contributed by atoms with E-state index in [9.17, 15) is 14.3 Å². The summed E-state index contributed by atoms with van der Waals surface area (Å²) in [5.74, 6) is 1.08. The Labute approximate surface area is 160 Å². The van der Waals surface area contributed by atoms with Crippen LogP contribution in [0.2, 0.25) is 0 Å². The Balaban J connectivity index is 1.61. The normalized spacial score (nSPS) is 21.1. The van der Waals surface area contributed by atoms with Gasteiger partial charge in [-0.3, -0.25) is 0 Å². The molecule has 28 heavy (non-hydrogen) atoms. The van der Waals surface area contributed by atoms with E-state index in [0.717, 1.165) is 36.2 Å². The highest BCUT2D eigenvalue weighted by molar-refractivity contribution is 5.92. The molecule has 1 aliphatic heterocycles. The van der Waals surface area contributed by atoms with Crippen LogP contribution in [0.4, 0.5) is 4.39 Å². The van der Waals surface area contributed by atoms with Gasteiger partial charge in [-0.15, -0.1) is 0 Å². The van der Waals surface area contributed by atoms with Crippen LogP contribution in [0.1, 0.15) is 53.8 Å². The molecule has 0 bridgehead atoms. The van der Waals surface area contributed by atoms with Crippen LogP contribution < -0.4 is 9.47 Å². The quantitative estimate of drug-likeness (QED) is 0.721. The largest absolute Gasteiger partial charge is 0.478 e. The molecule has 6 nitrogen and oxygen atoms in total. The number of aromatic nitrogens is 2. The number of hydrogen-bond donors (Lipinski definition) is 1. The Morgan fingerprint density at radius 2 is 2.14 bits per heavy atom. The maximum atomic E-state index is 14.2. The summed E-state index contributed by atoms with van der Waals surface area (Å²) < 4.78 is 26.9. The first-order chi connectivity index (χ1) is 13.4. The van der Waals surface area contributed by atoms with E-state index in [1.54, 1.807) is 24.3 Å². The van der Waals surface area contributed by atoms with Crippen LogP contribution in [0.5, 0.6) is 11.5 Å². The summed E-state index contributed by atoms with van der Waals surface area (Å²) in [6.07, 6.45) is 3.28. The van der Waals surface area contributed by atoms with Crippen molar-refractivity contribution in [3.63, 3.8) is 0 Å². The van der Waals surface area contributed by atoms with Gasteiger partial charge in [0.05, 0.1) is 23.1 Å². The predicted molar refractivity (Wildman–Crippen MR) is 99.6 cm³/mol. The van der Waals surface area contributed by atoms with Gasteiger partial charge in [-0.05, 0) is 37.1 Å². The molecule has 2 aliphatic rings. The third-order valence-electron chi connectivity index (χ3n) is 5.46. The van der Waals surface area contributed by atoms with E-state index in [2.05, 4.69) is 4.57 Å². The summed E-state index contributed by atoms with van der Waals surface area (Å²) in [5, 5.41) is 9.28. The highest BCUT2D eigenvalue weighted by Gasteiger charge is 2.38. The molecule has 0 radical (unpaired) electrons. The SMILES string of the molecule is CC1(F)Oc2cccc(Cn3c(C4CCC4)nc4cc(C(=O)O)ccc43)c2O1. The second-order valence-corrected chi connectivity index (χ2v) is 7.48. The number of carboxylic acids is 1. The lowest BCUT2D eigenvalue weighted by Gasteiger charge is -2.26. The lowest BCUT2D eigenvalue weighted by Crippen LogP contribution is -2.28. The van der Waals surface area contributed by atoms with Gasteiger partial charge in [0.25, 0.3) is 0 Å². The number of carbonyl (C=O) groups is 1. The average Bonchev–Trinajstić information content (AvgIpc) is 3.09. The number of imidazole rings is 1. The Morgan fingerprint density at radius 3 is 2.86 bits per heavy atom. The molecule has 7 heteroatoms. The number of alkyl halides is 1. The number of carboxylic acid groups (broad SMARTS) is 1. The second kappa shape index (κ2) is 5.95. The lowest BCUT2D eigenvalue weighted by molar-refractivity contribution is -0.173. The molecule has 1 fully saturated rings. The molecule has 3 aromatic rings. The minimum atomic E-state index is -2.18. The summed E-state index contributed by atoms with van der Waals surface area (Å²) in [5.41, 5.74) is 2.51. The summed E-state index contributed by atoms with van der Waals surface area (Å²) in [4.78, 5) is 16.1. The third-order valence-corrected chi connectivity index (χ3v) is 5.46. The van der Waals surface area contributed by atoms with Gasteiger partial charge in [-0.25, -0.2) is 9.78 Å². The Bertz CT molecular complexity index is 1100. The maximum absolute atomic E-state index is 14.2. The van der Waals surface area contributed by atoms with Crippen LogP contribution in [-0.4, -0.2) is 26.7 Å². The van der Waals surface area contributed by atoms with Crippen molar-refractivity contribution in [2.45, 2.75) is 44.7 Å². The summed E-state index contributed by atoms with van der Waals surface area (Å²) in [6.45, 7) is 1.67. The van der Waals surface area contributed by atoms with Crippen molar-refractivity contribution in [2.75, 3.05) is 0 Å². The van der Waals surface area contributed by atoms with Gasteiger partial charge in [0.1, 0.15) is 5.82 Å². The van der Waals surface area contributed by atoms with Crippen molar-refractivity contribution < 1.29 is 23.8 Å². The first-order valence-electron chi connectivity index (χ1n) is 9.33. The number of rotatable bonds is 4. The molecule has 5 rings (SSSR count). The number of benzene rings is 2. The number of aromatic carboxylic acids is 1. The maximum Gasteiger partial charge on any atom is 0.404 e. The van der Waals surface area contributed by atoms with Crippen molar-refractivity contribution in [2.24, 2.45) is 0 Å². The van der Waals surface area contributed by atoms with Gasteiger partial charge in [-0.1, -0.05) is 18.6 Å². The van der Waals surface area contributed by atoms with E-state index in [-0.39, 0.29) is 5.56 Å². The fourth-order valence-corrected chi connectivity index (χ4v) is 3.88. The molecule has 1 saturated carbocycles. The fraction of sp³-hybridized carbons (Fsp3) is 0.333. The average molecular weight is 382 g/mol. The number of ether oxygens (including phenoxy) is 2. The Hall–Kier alpha value is -3.09. The molecular formula is C21H19FN2O4. The number of nitrogens with zero attached hydrogens (tertiary/aromatic N) is 2. The van der Waals surface area contributed by atoms with E-state index in [4.69, 9.17) is 14.5 Å². The Kier molecular flexibility index (Phi) is 3.62.